The number of carbonyl (C=O) groups excluding carboxylic acids is 1. The van der Waals surface area contributed by atoms with Gasteiger partial charge in [0.1, 0.15) is 12.6 Å². The molecule has 0 spiro atoms. The first-order valence-electron chi connectivity index (χ1n) is 11.3. The molecule has 1 aromatic heterocycles. The van der Waals surface area contributed by atoms with Crippen molar-refractivity contribution in [2.45, 2.75) is 26.8 Å². The molecule has 1 unspecified atom stereocenters. The first kappa shape index (κ1) is 21.6. The average Bonchev–Trinajstić information content (AvgIpc) is 3.33. The van der Waals surface area contributed by atoms with E-state index >= 15 is 0 Å². The van der Waals surface area contributed by atoms with Crippen LogP contribution in [0.3, 0.4) is 0 Å². The summed E-state index contributed by atoms with van der Waals surface area (Å²) in [4.78, 5) is 15.0. The molecule has 0 radical (unpaired) electrons. The van der Waals surface area contributed by atoms with Crippen molar-refractivity contribution in [2.24, 2.45) is 0 Å². The molecule has 170 valence electrons. The Labute approximate surface area is 198 Å². The zero-order chi connectivity index (χ0) is 23.7. The van der Waals surface area contributed by atoms with E-state index in [1.807, 2.05) is 61.2 Å². The minimum absolute atomic E-state index is 0.0784. The molecular formula is C27H26N6O. The third-order valence-corrected chi connectivity index (χ3v) is 6.03. The lowest BCUT2D eigenvalue weighted by Gasteiger charge is -2.32. The molecule has 1 N–H and O–H groups in total. The van der Waals surface area contributed by atoms with Crippen molar-refractivity contribution in [1.29, 1.82) is 0 Å². The summed E-state index contributed by atoms with van der Waals surface area (Å²) < 4.78 is 1.77. The quantitative estimate of drug-likeness (QED) is 0.478. The van der Waals surface area contributed by atoms with Crippen molar-refractivity contribution in [2.75, 3.05) is 16.8 Å². The molecule has 0 saturated carbocycles. The number of rotatable bonds is 5. The van der Waals surface area contributed by atoms with E-state index in [4.69, 9.17) is 0 Å². The Morgan fingerprint density at radius 2 is 1.68 bits per heavy atom. The summed E-state index contributed by atoms with van der Waals surface area (Å²) in [5.74, 6) is 0.389. The molecule has 0 fully saturated rings. The van der Waals surface area contributed by atoms with Gasteiger partial charge in [0, 0.05) is 5.69 Å². The zero-order valence-corrected chi connectivity index (χ0v) is 19.4. The largest absolute Gasteiger partial charge is 0.324 e. The summed E-state index contributed by atoms with van der Waals surface area (Å²) in [5.41, 5.74) is 7.13. The van der Waals surface area contributed by atoms with Gasteiger partial charge in [-0.25, -0.2) is 0 Å². The van der Waals surface area contributed by atoms with Gasteiger partial charge in [-0.1, -0.05) is 83.0 Å². The number of fused-ring (bicyclic) bond motifs is 1. The van der Waals surface area contributed by atoms with E-state index in [0.717, 1.165) is 33.6 Å². The van der Waals surface area contributed by atoms with E-state index in [2.05, 4.69) is 64.2 Å². The summed E-state index contributed by atoms with van der Waals surface area (Å²) in [6, 6.07) is 24.2. The molecule has 5 rings (SSSR count). The molecule has 2 heterocycles. The average molecular weight is 451 g/mol. The minimum atomic E-state index is -0.181. The molecule has 1 atom stereocenters. The number of anilines is 2. The fourth-order valence-electron chi connectivity index (χ4n) is 4.27. The van der Waals surface area contributed by atoms with Crippen LogP contribution in [0.5, 0.6) is 0 Å². The van der Waals surface area contributed by atoms with Crippen molar-refractivity contribution in [1.82, 2.24) is 20.2 Å². The summed E-state index contributed by atoms with van der Waals surface area (Å²) in [5, 5.41) is 15.6. The van der Waals surface area contributed by atoms with Gasteiger partial charge >= 0.3 is 0 Å². The Bertz CT molecular complexity index is 1360. The molecule has 0 saturated heterocycles. The predicted molar refractivity (Wildman–Crippen MR) is 133 cm³/mol. The fraction of sp³-hybridized carbons (Fsp3) is 0.185. The van der Waals surface area contributed by atoms with Crippen molar-refractivity contribution in [3.05, 3.63) is 107 Å². The van der Waals surface area contributed by atoms with Crippen LogP contribution in [-0.4, -0.2) is 32.7 Å². The molecule has 7 heteroatoms. The Morgan fingerprint density at radius 3 is 2.41 bits per heavy atom. The van der Waals surface area contributed by atoms with Gasteiger partial charge in [-0.2, -0.15) is 4.68 Å². The van der Waals surface area contributed by atoms with E-state index in [1.165, 1.54) is 5.56 Å². The number of amides is 1. The summed E-state index contributed by atoms with van der Waals surface area (Å²) >= 11 is 0. The first-order chi connectivity index (χ1) is 16.5. The van der Waals surface area contributed by atoms with Crippen LogP contribution in [0.1, 0.15) is 33.9 Å². The number of tetrazole rings is 1. The third-order valence-electron chi connectivity index (χ3n) is 6.03. The van der Waals surface area contributed by atoms with Gasteiger partial charge < -0.3 is 5.32 Å². The summed E-state index contributed by atoms with van der Waals surface area (Å²) in [6.45, 7) is 6.17. The Balaban J connectivity index is 1.52. The normalized spacial score (nSPS) is 15.0. The summed E-state index contributed by atoms with van der Waals surface area (Å²) in [6.07, 6.45) is 2.12. The van der Waals surface area contributed by atoms with Gasteiger partial charge in [0.2, 0.25) is 5.91 Å². The van der Waals surface area contributed by atoms with Gasteiger partial charge in [-0.15, -0.1) is 0 Å². The van der Waals surface area contributed by atoms with Gasteiger partial charge in [0.05, 0.1) is 5.70 Å². The maximum absolute atomic E-state index is 13.2. The Kier molecular flexibility index (Phi) is 5.67. The number of aromatic nitrogens is 4. The third kappa shape index (κ3) is 4.20. The van der Waals surface area contributed by atoms with Crippen LogP contribution in [0.4, 0.5) is 11.6 Å². The molecule has 1 amide bonds. The highest BCUT2D eigenvalue weighted by molar-refractivity contribution is 5.97. The van der Waals surface area contributed by atoms with Crippen molar-refractivity contribution >= 4 is 23.2 Å². The number of carbonyl (C=O) groups is 1. The fourth-order valence-corrected chi connectivity index (χ4v) is 4.27. The molecule has 0 bridgehead atoms. The molecule has 1 aliphatic rings. The lowest BCUT2D eigenvalue weighted by molar-refractivity contribution is -0.114. The topological polar surface area (TPSA) is 75.9 Å². The standard InChI is InChI=1S/C27H26N6O/c1-18-9-12-22(13-10-18)25-16-24(21-7-5-4-6-8-21)32(27-29-30-31-33(25)27)17-26(34)28-23-14-11-19(2)15-20(23)3/h4-16,25H,17H2,1-3H3,(H,28,34). The Hall–Kier alpha value is -4.26. The number of benzene rings is 3. The van der Waals surface area contributed by atoms with Gasteiger partial charge in [0.25, 0.3) is 5.95 Å². The second-order valence-corrected chi connectivity index (χ2v) is 8.65. The lowest BCUT2D eigenvalue weighted by atomic mass is 10.00. The highest BCUT2D eigenvalue weighted by atomic mass is 16.2. The molecule has 7 nitrogen and oxygen atoms in total. The molecule has 3 aromatic carbocycles. The number of nitrogens with one attached hydrogen (secondary N) is 1. The molecule has 0 aliphatic carbocycles. The summed E-state index contributed by atoms with van der Waals surface area (Å²) in [7, 11) is 0. The van der Waals surface area contributed by atoms with E-state index < -0.39 is 0 Å². The second-order valence-electron chi connectivity index (χ2n) is 8.65. The smallest absolute Gasteiger partial charge is 0.251 e. The van der Waals surface area contributed by atoms with Crippen LogP contribution >= 0.6 is 0 Å². The highest BCUT2D eigenvalue weighted by Gasteiger charge is 2.32. The SMILES string of the molecule is Cc1ccc(C2C=C(c3ccccc3)N(CC(=O)Nc3ccc(C)cc3C)c3nnnn32)cc1. The maximum Gasteiger partial charge on any atom is 0.251 e. The molecular weight excluding hydrogens is 424 g/mol. The van der Waals surface area contributed by atoms with E-state index in [-0.39, 0.29) is 18.5 Å². The first-order valence-corrected chi connectivity index (χ1v) is 11.3. The van der Waals surface area contributed by atoms with Crippen LogP contribution in [0.2, 0.25) is 0 Å². The number of hydrogen-bond acceptors (Lipinski definition) is 5. The second kappa shape index (κ2) is 8.94. The lowest BCUT2D eigenvalue weighted by Crippen LogP contribution is -2.37. The van der Waals surface area contributed by atoms with Crippen molar-refractivity contribution in [3.8, 4) is 0 Å². The molecule has 34 heavy (non-hydrogen) atoms. The van der Waals surface area contributed by atoms with E-state index in [1.54, 1.807) is 4.68 Å². The van der Waals surface area contributed by atoms with Gasteiger partial charge in [-0.3, -0.25) is 9.69 Å². The number of aryl methyl sites for hydroxylation is 3. The highest BCUT2D eigenvalue weighted by Crippen LogP contribution is 2.36. The molecule has 1 aliphatic heterocycles. The Morgan fingerprint density at radius 1 is 0.941 bits per heavy atom. The van der Waals surface area contributed by atoms with Crippen molar-refractivity contribution in [3.63, 3.8) is 0 Å². The number of allylic oxidation sites excluding steroid dienone is 1. The molecule has 4 aromatic rings. The predicted octanol–water partition coefficient (Wildman–Crippen LogP) is 4.69. The van der Waals surface area contributed by atoms with Crippen LogP contribution < -0.4 is 10.2 Å². The minimum Gasteiger partial charge on any atom is -0.324 e. The van der Waals surface area contributed by atoms with E-state index in [0.29, 0.717) is 5.95 Å². The number of nitrogens with zero attached hydrogens (tertiary/aromatic N) is 5. The van der Waals surface area contributed by atoms with Crippen molar-refractivity contribution < 1.29 is 4.79 Å². The monoisotopic (exact) mass is 450 g/mol. The van der Waals surface area contributed by atoms with Crippen LogP contribution in [0.25, 0.3) is 5.70 Å². The van der Waals surface area contributed by atoms with Gasteiger partial charge in [-0.05, 0) is 60.0 Å². The van der Waals surface area contributed by atoms with Crippen LogP contribution in [0.15, 0.2) is 78.9 Å². The van der Waals surface area contributed by atoms with Crippen LogP contribution in [0, 0.1) is 20.8 Å². The number of hydrogen-bond donors (Lipinski definition) is 1. The van der Waals surface area contributed by atoms with Gasteiger partial charge in [0.15, 0.2) is 0 Å². The maximum atomic E-state index is 13.2. The van der Waals surface area contributed by atoms with E-state index in [9.17, 15) is 4.79 Å². The zero-order valence-electron chi connectivity index (χ0n) is 19.4. The van der Waals surface area contributed by atoms with Crippen LogP contribution in [-0.2, 0) is 4.79 Å².